The van der Waals surface area contributed by atoms with Gasteiger partial charge in [0.05, 0.1) is 4.90 Å². The minimum absolute atomic E-state index is 0. The SMILES string of the molecule is Cc1cc(NS(=O)(=O)c2ccc(NC(CC(c3ccccc3)S(=O)(=O)O)S(=O)(=O)O)cc2)nc(C)n1.[Na+]. The number of aromatic nitrogens is 2. The summed E-state index contributed by atoms with van der Waals surface area (Å²) in [4.78, 5) is 7.94. The first kappa shape index (κ1) is 31.1. The van der Waals surface area contributed by atoms with Gasteiger partial charge >= 0.3 is 29.6 Å². The van der Waals surface area contributed by atoms with Gasteiger partial charge in [-0.15, -0.1) is 0 Å². The van der Waals surface area contributed by atoms with Gasteiger partial charge < -0.3 is 5.32 Å². The molecule has 2 unspecified atom stereocenters. The topological polar surface area (TPSA) is 193 Å². The summed E-state index contributed by atoms with van der Waals surface area (Å²) in [7, 11) is -13.6. The maximum atomic E-state index is 12.7. The zero-order chi connectivity index (χ0) is 26.7. The van der Waals surface area contributed by atoms with Crippen LogP contribution < -0.4 is 39.6 Å². The largest absolute Gasteiger partial charge is 1.00 e. The second-order valence-electron chi connectivity index (χ2n) is 7.87. The first-order valence-electron chi connectivity index (χ1n) is 10.3. The van der Waals surface area contributed by atoms with Gasteiger partial charge in [0.2, 0.25) is 0 Å². The molecule has 0 fully saturated rings. The van der Waals surface area contributed by atoms with E-state index in [0.717, 1.165) is 0 Å². The molecular formula is C21H24N4NaO8S3+. The van der Waals surface area contributed by atoms with Crippen molar-refractivity contribution in [1.29, 1.82) is 0 Å². The van der Waals surface area contributed by atoms with Crippen LogP contribution in [-0.2, 0) is 30.3 Å². The van der Waals surface area contributed by atoms with Gasteiger partial charge in [0.1, 0.15) is 16.9 Å². The van der Waals surface area contributed by atoms with Crippen LogP contribution in [0.25, 0.3) is 0 Å². The fraction of sp³-hybridized carbons (Fsp3) is 0.238. The first-order chi connectivity index (χ1) is 16.6. The van der Waals surface area contributed by atoms with Crippen molar-refractivity contribution in [3.63, 3.8) is 0 Å². The number of sulfonamides is 1. The zero-order valence-corrected chi connectivity index (χ0v) is 24.5. The molecule has 16 heteroatoms. The number of hydrogen-bond donors (Lipinski definition) is 4. The van der Waals surface area contributed by atoms with Crippen molar-refractivity contribution in [3.05, 3.63) is 77.7 Å². The van der Waals surface area contributed by atoms with E-state index in [2.05, 4.69) is 20.0 Å². The molecule has 1 aromatic heterocycles. The summed E-state index contributed by atoms with van der Waals surface area (Å²) >= 11 is 0. The number of aryl methyl sites for hydroxylation is 2. The average Bonchev–Trinajstić information content (AvgIpc) is 2.75. The minimum atomic E-state index is -4.85. The summed E-state index contributed by atoms with van der Waals surface area (Å²) in [6.07, 6.45) is -0.726. The van der Waals surface area contributed by atoms with Crippen LogP contribution in [0.5, 0.6) is 0 Å². The summed E-state index contributed by atoms with van der Waals surface area (Å²) < 4.78 is 95.1. The second-order valence-corrected chi connectivity index (χ2v) is 12.7. The van der Waals surface area contributed by atoms with Crippen LogP contribution in [0.3, 0.4) is 0 Å². The van der Waals surface area contributed by atoms with Crippen molar-refractivity contribution < 1.29 is 63.9 Å². The number of anilines is 2. The van der Waals surface area contributed by atoms with E-state index in [0.29, 0.717) is 11.5 Å². The normalized spacial score (nSPS) is 13.7. The maximum Gasteiger partial charge on any atom is 1.00 e. The van der Waals surface area contributed by atoms with Crippen molar-refractivity contribution in [2.24, 2.45) is 0 Å². The third kappa shape index (κ3) is 8.71. The predicted molar refractivity (Wildman–Crippen MR) is 133 cm³/mol. The molecular weight excluding hydrogens is 555 g/mol. The van der Waals surface area contributed by atoms with Crippen molar-refractivity contribution in [3.8, 4) is 0 Å². The second kappa shape index (κ2) is 12.2. The molecule has 37 heavy (non-hydrogen) atoms. The number of benzene rings is 2. The van der Waals surface area contributed by atoms with Crippen molar-refractivity contribution in [2.45, 2.75) is 35.8 Å². The fourth-order valence-electron chi connectivity index (χ4n) is 3.43. The van der Waals surface area contributed by atoms with Crippen molar-refractivity contribution in [1.82, 2.24) is 9.97 Å². The Hall–Kier alpha value is -2.11. The van der Waals surface area contributed by atoms with E-state index < -0.39 is 47.3 Å². The quantitative estimate of drug-likeness (QED) is 0.179. The van der Waals surface area contributed by atoms with Gasteiger partial charge in [-0.3, -0.25) is 13.8 Å². The summed E-state index contributed by atoms with van der Waals surface area (Å²) in [6.45, 7) is 3.30. The molecule has 3 aromatic rings. The molecule has 2 atom stereocenters. The smallest absolute Gasteiger partial charge is 0.367 e. The summed E-state index contributed by atoms with van der Waals surface area (Å²) in [6, 6.07) is 13.7. The molecule has 0 aliphatic carbocycles. The molecule has 0 bridgehead atoms. The molecule has 194 valence electrons. The van der Waals surface area contributed by atoms with E-state index in [1.807, 2.05) is 0 Å². The third-order valence-corrected chi connectivity index (χ3v) is 8.60. The van der Waals surface area contributed by atoms with E-state index in [1.165, 1.54) is 54.6 Å². The molecule has 0 spiro atoms. The first-order valence-corrected chi connectivity index (χ1v) is 14.8. The van der Waals surface area contributed by atoms with E-state index in [1.54, 1.807) is 19.9 Å². The van der Waals surface area contributed by atoms with E-state index >= 15 is 0 Å². The van der Waals surface area contributed by atoms with Crippen LogP contribution in [0.2, 0.25) is 0 Å². The maximum absolute atomic E-state index is 12.7. The van der Waals surface area contributed by atoms with Crippen LogP contribution in [-0.4, -0.2) is 49.7 Å². The Balaban J connectivity index is 0.00000481. The number of rotatable bonds is 10. The molecule has 12 nitrogen and oxygen atoms in total. The molecule has 0 saturated heterocycles. The molecule has 3 rings (SSSR count). The van der Waals surface area contributed by atoms with Gasteiger partial charge in [0, 0.05) is 23.9 Å². The van der Waals surface area contributed by atoms with E-state index in [-0.39, 0.29) is 51.5 Å². The average molecular weight is 580 g/mol. The van der Waals surface area contributed by atoms with E-state index in [9.17, 15) is 34.4 Å². The summed E-state index contributed by atoms with van der Waals surface area (Å²) in [5.74, 6) is 0.452. The summed E-state index contributed by atoms with van der Waals surface area (Å²) in [5.41, 5.74) is 0.764. The summed E-state index contributed by atoms with van der Waals surface area (Å²) in [5, 5.41) is -1.00. The third-order valence-electron chi connectivity index (χ3n) is 5.02. The monoisotopic (exact) mass is 579 g/mol. The fourth-order valence-corrected chi connectivity index (χ4v) is 6.20. The van der Waals surface area contributed by atoms with Crippen molar-refractivity contribution in [2.75, 3.05) is 10.0 Å². The van der Waals surface area contributed by atoms with Gasteiger partial charge in [0.25, 0.3) is 30.3 Å². The molecule has 2 aromatic carbocycles. The Morgan fingerprint density at radius 2 is 1.43 bits per heavy atom. The van der Waals surface area contributed by atoms with Crippen molar-refractivity contribution >= 4 is 41.8 Å². The number of hydrogen-bond acceptors (Lipinski definition) is 9. The molecule has 0 saturated carbocycles. The molecule has 1 heterocycles. The number of nitrogens with one attached hydrogen (secondary N) is 2. The van der Waals surface area contributed by atoms with Gasteiger partial charge in [-0.1, -0.05) is 30.3 Å². The standard InChI is InChI=1S/C21H24N4O8S3.Na/c1-14-12-20(23-15(2)22-14)25-34(26,27)18-10-8-17(9-11-18)24-21(36(31,32)33)13-19(35(28,29)30)16-6-4-3-5-7-16;/h3-12,19,21,24H,13H2,1-2H3,(H,22,23,25)(H,28,29,30)(H,31,32,33);/q;+1. The molecule has 4 N–H and O–H groups in total. The predicted octanol–water partition coefficient (Wildman–Crippen LogP) is -0.457. The van der Waals surface area contributed by atoms with Crippen LogP contribution in [0, 0.1) is 13.8 Å². The van der Waals surface area contributed by atoms with Crippen LogP contribution in [0.4, 0.5) is 11.5 Å². The molecule has 0 amide bonds. The van der Waals surface area contributed by atoms with Crippen LogP contribution in [0.15, 0.2) is 65.6 Å². The Bertz CT molecular complexity index is 1530. The number of nitrogens with zero attached hydrogens (tertiary/aromatic N) is 2. The minimum Gasteiger partial charge on any atom is -0.367 e. The molecule has 0 radical (unpaired) electrons. The Labute approximate surface area is 237 Å². The van der Waals surface area contributed by atoms with Gasteiger partial charge in [-0.2, -0.15) is 16.8 Å². The molecule has 0 aliphatic rings. The van der Waals surface area contributed by atoms with Gasteiger partial charge in [0.15, 0.2) is 5.37 Å². The van der Waals surface area contributed by atoms with E-state index in [4.69, 9.17) is 0 Å². The molecule has 0 aliphatic heterocycles. The zero-order valence-electron chi connectivity index (χ0n) is 20.1. The van der Waals surface area contributed by atoms with Crippen LogP contribution in [0.1, 0.15) is 28.8 Å². The van der Waals surface area contributed by atoms with Crippen LogP contribution >= 0.6 is 0 Å². The Kier molecular flexibility index (Phi) is 10.2. The Morgan fingerprint density at radius 1 is 0.838 bits per heavy atom. The van der Waals surface area contributed by atoms with Gasteiger partial charge in [-0.25, -0.2) is 18.4 Å². The van der Waals surface area contributed by atoms with Gasteiger partial charge in [-0.05, 0) is 43.7 Å². The Morgan fingerprint density at radius 3 is 1.95 bits per heavy atom.